The predicted molar refractivity (Wildman–Crippen MR) is 129 cm³/mol. The molecule has 2 amide bonds. The molecule has 1 fully saturated rings. The molecule has 1 N–H and O–H groups in total. The van der Waals surface area contributed by atoms with Crippen LogP contribution in [-0.2, 0) is 4.79 Å². The zero-order valence-electron chi connectivity index (χ0n) is 19.1. The lowest BCUT2D eigenvalue weighted by Crippen LogP contribution is -2.51. The lowest BCUT2D eigenvalue weighted by molar-refractivity contribution is -0.134. The highest BCUT2D eigenvalue weighted by Crippen LogP contribution is 2.33. The first-order valence-corrected chi connectivity index (χ1v) is 11.7. The Kier molecular flexibility index (Phi) is 5.46. The minimum absolute atomic E-state index is 0.0164. The molecule has 3 aromatic heterocycles. The van der Waals surface area contributed by atoms with Gasteiger partial charge in [0, 0.05) is 43.5 Å². The normalized spacial score (nSPS) is 18.9. The van der Waals surface area contributed by atoms with Crippen LogP contribution in [0.25, 0.3) is 10.9 Å². The van der Waals surface area contributed by atoms with Crippen LogP contribution in [0.5, 0.6) is 0 Å². The lowest BCUT2D eigenvalue weighted by atomic mass is 10.1. The maximum atomic E-state index is 13.3. The average molecular weight is 472 g/mol. The van der Waals surface area contributed by atoms with Crippen molar-refractivity contribution < 1.29 is 18.4 Å². The third-order valence-electron chi connectivity index (χ3n) is 6.62. The van der Waals surface area contributed by atoms with Gasteiger partial charge in [0.15, 0.2) is 0 Å². The number of rotatable bonds is 5. The van der Waals surface area contributed by atoms with E-state index >= 15 is 0 Å². The topological polar surface area (TPSA) is 98.3 Å². The first-order valence-electron chi connectivity index (χ1n) is 11.7. The highest BCUT2D eigenvalue weighted by molar-refractivity contribution is 6.01. The molecule has 6 rings (SSSR count). The summed E-state index contributed by atoms with van der Waals surface area (Å²) in [6.45, 7) is 2.58. The van der Waals surface area contributed by atoms with Crippen molar-refractivity contribution in [3.05, 3.63) is 84.3 Å². The number of carbonyl (C=O) groups excluding carboxylic acids is 2. The molecule has 0 spiro atoms. The van der Waals surface area contributed by atoms with E-state index in [9.17, 15) is 9.59 Å². The molecule has 2 aliphatic heterocycles. The third-order valence-corrected chi connectivity index (χ3v) is 6.62. The van der Waals surface area contributed by atoms with Crippen LogP contribution in [0.15, 0.2) is 81.1 Å². The van der Waals surface area contributed by atoms with Gasteiger partial charge in [-0.3, -0.25) is 14.5 Å². The fourth-order valence-electron chi connectivity index (χ4n) is 4.77. The summed E-state index contributed by atoms with van der Waals surface area (Å²) in [5.74, 6) is 1.22. The molecule has 9 heteroatoms. The summed E-state index contributed by atoms with van der Waals surface area (Å²) in [6.07, 6.45) is 3.73. The smallest absolute Gasteiger partial charge is 0.270 e. The molecule has 9 nitrogen and oxygen atoms in total. The second-order valence-corrected chi connectivity index (χ2v) is 8.84. The number of furan rings is 2. The van der Waals surface area contributed by atoms with Crippen molar-refractivity contribution in [2.75, 3.05) is 32.7 Å². The number of nitrogens with one attached hydrogen (secondary N) is 1. The van der Waals surface area contributed by atoms with Crippen molar-refractivity contribution in [3.63, 3.8) is 0 Å². The summed E-state index contributed by atoms with van der Waals surface area (Å²) in [7, 11) is 0. The van der Waals surface area contributed by atoms with Gasteiger partial charge in [0.1, 0.15) is 29.0 Å². The average Bonchev–Trinajstić information content (AvgIpc) is 3.69. The molecule has 4 aromatic rings. The predicted octanol–water partition coefficient (Wildman–Crippen LogP) is 3.49. The van der Waals surface area contributed by atoms with E-state index in [2.05, 4.69) is 15.0 Å². The van der Waals surface area contributed by atoms with Gasteiger partial charge in [-0.25, -0.2) is 5.01 Å². The Hall–Kier alpha value is -4.11. The molecule has 0 saturated carbocycles. The van der Waals surface area contributed by atoms with Crippen molar-refractivity contribution in [3.8, 4) is 0 Å². The highest BCUT2D eigenvalue weighted by atomic mass is 16.3. The van der Waals surface area contributed by atoms with Gasteiger partial charge in [-0.1, -0.05) is 18.2 Å². The number of hydrogen-bond acceptors (Lipinski definition) is 6. The summed E-state index contributed by atoms with van der Waals surface area (Å²) in [5.41, 5.74) is 2.26. The zero-order chi connectivity index (χ0) is 23.8. The monoisotopic (exact) mass is 471 g/mol. The highest BCUT2D eigenvalue weighted by Gasteiger charge is 2.36. The van der Waals surface area contributed by atoms with Crippen LogP contribution >= 0.6 is 0 Å². The second kappa shape index (κ2) is 8.92. The molecule has 1 aromatic carbocycles. The number of nitrogens with zero attached hydrogens (tertiary/aromatic N) is 4. The van der Waals surface area contributed by atoms with Gasteiger partial charge in [0.2, 0.25) is 0 Å². The number of hydrogen-bond donors (Lipinski definition) is 1. The van der Waals surface area contributed by atoms with Crippen molar-refractivity contribution in [2.24, 2.45) is 5.10 Å². The summed E-state index contributed by atoms with van der Waals surface area (Å²) >= 11 is 0. The number of amides is 2. The van der Waals surface area contributed by atoms with E-state index in [-0.39, 0.29) is 24.4 Å². The molecule has 0 bridgehead atoms. The quantitative estimate of drug-likeness (QED) is 0.481. The Balaban J connectivity index is 1.10. The van der Waals surface area contributed by atoms with Crippen molar-refractivity contribution in [1.29, 1.82) is 0 Å². The Morgan fingerprint density at radius 1 is 0.971 bits per heavy atom. The molecule has 1 unspecified atom stereocenters. The Bertz CT molecular complexity index is 1330. The summed E-state index contributed by atoms with van der Waals surface area (Å²) < 4.78 is 11.1. The molecule has 0 radical (unpaired) electrons. The van der Waals surface area contributed by atoms with Gasteiger partial charge < -0.3 is 18.7 Å². The van der Waals surface area contributed by atoms with Crippen LogP contribution in [0.2, 0.25) is 0 Å². The third kappa shape index (κ3) is 4.15. The molecular weight excluding hydrogens is 446 g/mol. The van der Waals surface area contributed by atoms with Crippen molar-refractivity contribution in [1.82, 2.24) is 19.8 Å². The number of aromatic nitrogens is 1. The largest absolute Gasteiger partial charge is 0.467 e. The van der Waals surface area contributed by atoms with Gasteiger partial charge in [0.05, 0.1) is 19.1 Å². The van der Waals surface area contributed by atoms with E-state index in [0.717, 1.165) is 16.6 Å². The number of fused-ring (bicyclic) bond motifs is 1. The fraction of sp³-hybridized carbons (Fsp3) is 0.269. The van der Waals surface area contributed by atoms with Gasteiger partial charge in [0.25, 0.3) is 11.8 Å². The number of piperazine rings is 1. The van der Waals surface area contributed by atoms with Gasteiger partial charge >= 0.3 is 0 Å². The van der Waals surface area contributed by atoms with Crippen LogP contribution in [0, 0.1) is 0 Å². The van der Waals surface area contributed by atoms with Crippen LogP contribution in [-0.4, -0.2) is 70.0 Å². The molecule has 5 heterocycles. The molecule has 178 valence electrons. The minimum Gasteiger partial charge on any atom is -0.467 e. The van der Waals surface area contributed by atoms with Crippen molar-refractivity contribution >= 4 is 28.4 Å². The van der Waals surface area contributed by atoms with Gasteiger partial charge in [-0.05, 0) is 36.4 Å². The number of carbonyl (C=O) groups is 2. The summed E-state index contributed by atoms with van der Waals surface area (Å²) in [6, 6.07) is 16.8. The van der Waals surface area contributed by atoms with E-state index in [1.807, 2.05) is 53.4 Å². The molecular formula is C26H25N5O4. The van der Waals surface area contributed by atoms with Crippen LogP contribution in [0.1, 0.15) is 34.5 Å². The van der Waals surface area contributed by atoms with Gasteiger partial charge in [-0.15, -0.1) is 0 Å². The summed E-state index contributed by atoms with van der Waals surface area (Å²) in [5, 5.41) is 7.12. The summed E-state index contributed by atoms with van der Waals surface area (Å²) in [4.78, 5) is 33.4. The number of aromatic amines is 1. The van der Waals surface area contributed by atoms with Crippen LogP contribution < -0.4 is 0 Å². The zero-order valence-corrected chi connectivity index (χ0v) is 19.1. The lowest BCUT2D eigenvalue weighted by Gasteiger charge is -2.34. The number of benzene rings is 1. The second-order valence-electron chi connectivity index (χ2n) is 8.84. The maximum absolute atomic E-state index is 13.3. The maximum Gasteiger partial charge on any atom is 0.270 e. The van der Waals surface area contributed by atoms with E-state index in [0.29, 0.717) is 49.8 Å². The van der Waals surface area contributed by atoms with E-state index in [4.69, 9.17) is 8.83 Å². The Morgan fingerprint density at radius 3 is 2.51 bits per heavy atom. The first-order chi connectivity index (χ1) is 17.2. The minimum atomic E-state index is -0.303. The van der Waals surface area contributed by atoms with Gasteiger partial charge in [-0.2, -0.15) is 5.10 Å². The molecule has 2 aliphatic rings. The van der Waals surface area contributed by atoms with Crippen molar-refractivity contribution in [2.45, 2.75) is 12.5 Å². The fourth-order valence-corrected chi connectivity index (χ4v) is 4.77. The molecule has 1 atom stereocenters. The Morgan fingerprint density at radius 2 is 1.77 bits per heavy atom. The van der Waals surface area contributed by atoms with E-state index in [1.165, 1.54) is 5.01 Å². The van der Waals surface area contributed by atoms with E-state index in [1.54, 1.807) is 18.6 Å². The number of hydrazone groups is 1. The Labute approximate surface area is 201 Å². The molecule has 1 saturated heterocycles. The molecule has 35 heavy (non-hydrogen) atoms. The SMILES string of the molecule is O=C(c1cc2ccccc2[nH]1)N1CCN(CC(=O)N2N=C(c3ccco3)CC2c2ccco2)CC1. The first kappa shape index (κ1) is 21.4. The van der Waals surface area contributed by atoms with E-state index < -0.39 is 0 Å². The standard InChI is InChI=1S/C26H25N5O4/c32-25(31-22(24-8-4-14-35-24)16-20(28-31)23-7-3-13-34-23)17-29-9-11-30(12-10-29)26(33)21-15-18-5-1-2-6-19(18)27-21/h1-8,13-15,22,27H,9-12,16-17H2. The number of para-hydroxylation sites is 1. The van der Waals surface area contributed by atoms with Crippen LogP contribution in [0.3, 0.4) is 0 Å². The van der Waals surface area contributed by atoms with Crippen LogP contribution in [0.4, 0.5) is 0 Å². The number of H-pyrrole nitrogens is 1. The molecule has 0 aliphatic carbocycles.